The fourth-order valence-corrected chi connectivity index (χ4v) is 8.83. The molecule has 0 fully saturated rings. The Morgan fingerprint density at radius 3 is 1.01 bits per heavy atom. The molecule has 0 aliphatic carbocycles. The Balaban J connectivity index is 1.38. The highest BCUT2D eigenvalue weighted by Gasteiger charge is 2.37. The summed E-state index contributed by atoms with van der Waals surface area (Å²) in [5, 5.41) is 0.355. The number of hydrogen-bond donors (Lipinski definition) is 0. The first-order valence-corrected chi connectivity index (χ1v) is 25.7. The lowest BCUT2D eigenvalue weighted by molar-refractivity contribution is -0.104. The first-order chi connectivity index (χ1) is 40.2. The minimum absolute atomic E-state index is 0.00663. The number of benzene rings is 10. The molecule has 10 rings (SSSR count). The molecule has 82 heavy (non-hydrogen) atoms. The molecule has 10 aromatic carbocycles. The Bertz CT molecular complexity index is 4040. The highest BCUT2D eigenvalue weighted by atomic mass is 16.6. The van der Waals surface area contributed by atoms with Crippen molar-refractivity contribution < 1.29 is 71.5 Å². The molecule has 0 aliphatic heterocycles. The van der Waals surface area contributed by atoms with Gasteiger partial charge in [-0.25, -0.2) is 28.8 Å². The van der Waals surface area contributed by atoms with Crippen LogP contribution in [-0.4, -0.2) is 55.3 Å². The van der Waals surface area contributed by atoms with E-state index in [0.29, 0.717) is 24.5 Å². The predicted octanol–water partition coefficient (Wildman–Crippen LogP) is 13.3. The van der Waals surface area contributed by atoms with Gasteiger partial charge >= 0.3 is 35.8 Å². The zero-order valence-corrected chi connectivity index (χ0v) is 43.4. The van der Waals surface area contributed by atoms with E-state index in [4.69, 9.17) is 37.9 Å². The van der Waals surface area contributed by atoms with Crippen molar-refractivity contribution in [2.75, 3.05) is 13.2 Å². The van der Waals surface area contributed by atoms with Crippen LogP contribution in [0.3, 0.4) is 0 Å². The predicted molar refractivity (Wildman–Crippen MR) is 303 cm³/mol. The molecule has 15 heteroatoms. The van der Waals surface area contributed by atoms with Gasteiger partial charge in [-0.1, -0.05) is 133 Å². The number of hydrogen-bond acceptors (Lipinski definition) is 15. The molecule has 0 aromatic heterocycles. The van der Waals surface area contributed by atoms with E-state index < -0.39 is 70.3 Å². The molecule has 0 radical (unpaired) electrons. The maximum Gasteiger partial charge on any atom is 0.343 e. The molecule has 15 nitrogen and oxygen atoms in total. The van der Waals surface area contributed by atoms with Crippen molar-refractivity contribution in [3.63, 3.8) is 0 Å². The van der Waals surface area contributed by atoms with E-state index in [2.05, 4.69) is 0 Å². The summed E-state index contributed by atoms with van der Waals surface area (Å²) in [6.45, 7) is 0.203. The molecule has 0 aliphatic rings. The normalized spacial score (nSPS) is 10.9. The van der Waals surface area contributed by atoms with Crippen molar-refractivity contribution in [1.82, 2.24) is 0 Å². The molecule has 0 saturated carbocycles. The summed E-state index contributed by atoms with van der Waals surface area (Å²) in [5.74, 6) is -9.47. The molecular formula is C67H46O15. The first kappa shape index (κ1) is 54.2. The fourth-order valence-electron chi connectivity index (χ4n) is 8.83. The van der Waals surface area contributed by atoms with E-state index in [1.807, 2.05) is 0 Å². The molecule has 10 aromatic rings. The fraction of sp³-hybridized carbons (Fsp3) is 0.0597. The average Bonchev–Trinajstić information content (AvgIpc) is 1.26. The minimum atomic E-state index is -1.05. The number of rotatable bonds is 20. The van der Waals surface area contributed by atoms with Crippen LogP contribution in [0.1, 0.15) is 75.0 Å². The molecule has 0 amide bonds. The van der Waals surface area contributed by atoms with Crippen molar-refractivity contribution in [1.29, 1.82) is 0 Å². The number of esters is 6. The van der Waals surface area contributed by atoms with Crippen molar-refractivity contribution in [3.8, 4) is 40.2 Å². The summed E-state index contributed by atoms with van der Waals surface area (Å²) in [6.07, 6.45) is 3.88. The largest absolute Gasteiger partial charge is 0.501 e. The number of carbonyl (C=O) groups excluding carboxylic acids is 7. The van der Waals surface area contributed by atoms with Gasteiger partial charge in [0.1, 0.15) is 6.29 Å². The van der Waals surface area contributed by atoms with Crippen molar-refractivity contribution >= 4 is 74.4 Å². The topological polar surface area (TPSA) is 193 Å². The van der Waals surface area contributed by atoms with Crippen molar-refractivity contribution in [2.45, 2.75) is 12.8 Å². The van der Waals surface area contributed by atoms with Crippen LogP contribution in [0.5, 0.6) is 40.2 Å². The number of carbonyl (C=O) groups is 7. The quantitative estimate of drug-likeness (QED) is 0.0133. The SMILES string of the molecule is O=C/C=C/OCCCCOc1cc2c3ccccc3c3c(OC(=O)c4ccccc4)c(OC(=O)c4ccccc4)c(OC(=O)c4ccccc4)c(OC(=O)c4ccccc4)c3c2c(OC(=O)c2ccccc2)c1OC(=O)c1ccccc1. The molecule has 0 N–H and O–H groups in total. The van der Waals surface area contributed by atoms with Crippen LogP contribution in [0.15, 0.2) is 225 Å². The van der Waals surface area contributed by atoms with Crippen LogP contribution in [0.2, 0.25) is 0 Å². The van der Waals surface area contributed by atoms with Gasteiger partial charge in [0.2, 0.25) is 17.2 Å². The molecular weight excluding hydrogens is 1040 g/mol. The van der Waals surface area contributed by atoms with Gasteiger partial charge in [0.05, 0.1) is 52.9 Å². The highest BCUT2D eigenvalue weighted by molar-refractivity contribution is 6.32. The van der Waals surface area contributed by atoms with Crippen molar-refractivity contribution in [2.24, 2.45) is 0 Å². The lowest BCUT2D eigenvalue weighted by atomic mass is 9.91. The van der Waals surface area contributed by atoms with Crippen LogP contribution in [0.25, 0.3) is 32.3 Å². The second kappa shape index (κ2) is 25.5. The Morgan fingerprint density at radius 1 is 0.317 bits per heavy atom. The second-order valence-electron chi connectivity index (χ2n) is 18.0. The van der Waals surface area contributed by atoms with Crippen LogP contribution in [-0.2, 0) is 9.53 Å². The van der Waals surface area contributed by atoms with Gasteiger partial charge in [-0.2, -0.15) is 0 Å². The van der Waals surface area contributed by atoms with E-state index in [-0.39, 0.29) is 79.3 Å². The van der Waals surface area contributed by atoms with E-state index >= 15 is 0 Å². The smallest absolute Gasteiger partial charge is 0.343 e. The lowest BCUT2D eigenvalue weighted by Crippen LogP contribution is -2.18. The number of allylic oxidation sites excluding steroid dienone is 1. The monoisotopic (exact) mass is 1090 g/mol. The van der Waals surface area contributed by atoms with Crippen LogP contribution >= 0.6 is 0 Å². The Hall–Kier alpha value is -11.2. The zero-order chi connectivity index (χ0) is 56.8. The average molecular weight is 1090 g/mol. The second-order valence-corrected chi connectivity index (χ2v) is 18.0. The summed E-state index contributed by atoms with van der Waals surface area (Å²) in [5.41, 5.74) is 0.207. The van der Waals surface area contributed by atoms with Crippen LogP contribution in [0, 0.1) is 0 Å². The Kier molecular flexibility index (Phi) is 16.9. The maximum absolute atomic E-state index is 14.9. The maximum atomic E-state index is 14.9. The molecule has 0 heterocycles. The van der Waals surface area contributed by atoms with Gasteiger partial charge in [-0.3, -0.25) is 4.79 Å². The van der Waals surface area contributed by atoms with Gasteiger partial charge in [0.25, 0.3) is 0 Å². The highest BCUT2D eigenvalue weighted by Crippen LogP contribution is 2.59. The number of ether oxygens (including phenoxy) is 8. The van der Waals surface area contributed by atoms with Crippen molar-refractivity contribution in [3.05, 3.63) is 258 Å². The summed E-state index contributed by atoms with van der Waals surface area (Å²) < 4.78 is 50.6. The van der Waals surface area contributed by atoms with Crippen LogP contribution in [0.4, 0.5) is 0 Å². The van der Waals surface area contributed by atoms with Gasteiger partial charge in [0.15, 0.2) is 23.0 Å². The van der Waals surface area contributed by atoms with Gasteiger partial charge in [-0.05, 0) is 108 Å². The van der Waals surface area contributed by atoms with E-state index in [1.165, 1.54) is 85.1 Å². The van der Waals surface area contributed by atoms with Gasteiger partial charge < -0.3 is 37.9 Å². The molecule has 0 spiro atoms. The third-order valence-corrected chi connectivity index (χ3v) is 12.7. The van der Waals surface area contributed by atoms with Crippen LogP contribution < -0.4 is 33.2 Å². The zero-order valence-electron chi connectivity index (χ0n) is 43.4. The Labute approximate surface area is 468 Å². The van der Waals surface area contributed by atoms with E-state index in [0.717, 1.165) is 0 Å². The summed E-state index contributed by atoms with van der Waals surface area (Å²) >= 11 is 0. The third kappa shape index (κ3) is 12.1. The molecule has 404 valence electrons. The van der Waals surface area contributed by atoms with E-state index in [1.54, 1.807) is 140 Å². The number of aldehydes is 1. The minimum Gasteiger partial charge on any atom is -0.501 e. The van der Waals surface area contributed by atoms with E-state index in [9.17, 15) is 33.6 Å². The molecule has 0 unspecified atom stereocenters. The number of unbranched alkanes of at least 4 members (excludes halogenated alkanes) is 1. The standard InChI is InChI=1S/C67H46O15/c68-38-23-40-75-39-21-22-41-76-52-42-51-49-36-19-20-37-50(49)53-55(54(51)57(78-63(70)44-26-9-2-10-27-44)56(52)77-62(69)43-24-7-1-8-25-43)59(80-65(72)46-30-13-4-14-31-46)61(82-67(74)48-34-17-6-18-35-48)60(81-66(73)47-32-15-5-16-33-47)58(53)79-64(71)45-28-11-3-12-29-45/h1-20,23-38,40,42H,21-22,39,41H2/b40-23+. The molecule has 0 saturated heterocycles. The number of fused-ring (bicyclic) bond motifs is 6. The van der Waals surface area contributed by atoms with Gasteiger partial charge in [0, 0.05) is 22.2 Å². The first-order valence-electron chi connectivity index (χ1n) is 25.7. The summed E-state index contributed by atoms with van der Waals surface area (Å²) in [7, 11) is 0. The molecule has 0 bridgehead atoms. The lowest BCUT2D eigenvalue weighted by Gasteiger charge is -2.25. The Morgan fingerprint density at radius 2 is 0.622 bits per heavy atom. The molecule has 0 atom stereocenters. The van der Waals surface area contributed by atoms with Gasteiger partial charge in [-0.15, -0.1) is 0 Å². The third-order valence-electron chi connectivity index (χ3n) is 12.7. The summed E-state index contributed by atoms with van der Waals surface area (Å²) in [4.78, 5) is 99.3. The summed E-state index contributed by atoms with van der Waals surface area (Å²) in [6, 6.07) is 55.6.